The SMILES string of the molecule is Cc1cc(Cl)cc(C)c1S(=O)(=O)N1c2ccccc2NC(=O)C1CC(=O)NC1(N2CCC(c3ccccn3)CC2)CC1=O. The van der Waals surface area contributed by atoms with Gasteiger partial charge in [-0.15, -0.1) is 0 Å². The molecule has 2 atom stereocenters. The first-order chi connectivity index (χ1) is 20.5. The largest absolute Gasteiger partial charge is 0.331 e. The van der Waals surface area contributed by atoms with E-state index in [-0.39, 0.29) is 28.7 Å². The molecule has 1 aromatic heterocycles. The van der Waals surface area contributed by atoms with Crippen molar-refractivity contribution in [2.75, 3.05) is 22.7 Å². The fraction of sp³-hybridized carbons (Fsp3) is 0.355. The van der Waals surface area contributed by atoms with Gasteiger partial charge in [0.2, 0.25) is 11.8 Å². The number of ketones is 1. The third-order valence-corrected chi connectivity index (χ3v) is 10.9. The first kappa shape index (κ1) is 29.3. The zero-order valence-corrected chi connectivity index (χ0v) is 25.4. The van der Waals surface area contributed by atoms with Crippen LogP contribution in [0, 0.1) is 13.8 Å². The molecular weight excluding hydrogens is 590 g/mol. The number of benzene rings is 2. The predicted octanol–water partition coefficient (Wildman–Crippen LogP) is 3.92. The normalized spacial score (nSPS) is 22.6. The van der Waals surface area contributed by atoms with E-state index in [0.717, 1.165) is 22.8 Å². The molecule has 2 amide bonds. The van der Waals surface area contributed by atoms with Gasteiger partial charge >= 0.3 is 0 Å². The van der Waals surface area contributed by atoms with E-state index in [2.05, 4.69) is 15.6 Å². The van der Waals surface area contributed by atoms with Crippen molar-refractivity contribution in [2.24, 2.45) is 0 Å². The number of para-hydroxylation sites is 2. The summed E-state index contributed by atoms with van der Waals surface area (Å²) in [5, 5.41) is 6.02. The van der Waals surface area contributed by atoms with Gasteiger partial charge < -0.3 is 10.6 Å². The number of hydrogen-bond acceptors (Lipinski definition) is 7. The Morgan fingerprint density at radius 3 is 2.35 bits per heavy atom. The molecule has 10 nitrogen and oxygen atoms in total. The molecule has 1 saturated carbocycles. The molecule has 0 bridgehead atoms. The minimum absolute atomic E-state index is 0.0245. The number of amides is 2. The van der Waals surface area contributed by atoms with Gasteiger partial charge in [0.15, 0.2) is 11.4 Å². The number of nitrogens with one attached hydrogen (secondary N) is 2. The molecule has 3 aromatic rings. The Morgan fingerprint density at radius 1 is 1.07 bits per heavy atom. The highest BCUT2D eigenvalue weighted by Gasteiger charge is 2.60. The molecule has 3 aliphatic rings. The molecule has 1 saturated heterocycles. The fourth-order valence-corrected chi connectivity index (χ4v) is 8.82. The van der Waals surface area contributed by atoms with E-state index in [1.165, 1.54) is 0 Å². The summed E-state index contributed by atoms with van der Waals surface area (Å²) < 4.78 is 29.6. The number of pyridine rings is 1. The van der Waals surface area contributed by atoms with Crippen LogP contribution in [-0.4, -0.2) is 60.7 Å². The van der Waals surface area contributed by atoms with E-state index in [1.807, 2.05) is 23.1 Å². The van der Waals surface area contributed by atoms with Gasteiger partial charge in [-0.25, -0.2) is 8.42 Å². The molecule has 3 heterocycles. The molecule has 0 radical (unpaired) electrons. The summed E-state index contributed by atoms with van der Waals surface area (Å²) in [4.78, 5) is 46.2. The maximum absolute atomic E-state index is 14.3. The van der Waals surface area contributed by atoms with Crippen LogP contribution in [0.3, 0.4) is 0 Å². The number of sulfonamides is 1. The number of anilines is 2. The molecular formula is C31H32ClN5O5S. The maximum atomic E-state index is 14.3. The van der Waals surface area contributed by atoms with Crippen molar-refractivity contribution in [3.63, 3.8) is 0 Å². The maximum Gasteiger partial charge on any atom is 0.265 e. The van der Waals surface area contributed by atoms with Crippen LogP contribution < -0.4 is 14.9 Å². The van der Waals surface area contributed by atoms with Gasteiger partial charge in [0.05, 0.1) is 29.1 Å². The summed E-state index contributed by atoms with van der Waals surface area (Å²) in [7, 11) is -4.32. The number of halogens is 1. The van der Waals surface area contributed by atoms with E-state index < -0.39 is 40.0 Å². The smallest absolute Gasteiger partial charge is 0.265 e. The van der Waals surface area contributed by atoms with Crippen LogP contribution in [-0.2, 0) is 24.4 Å². The first-order valence-corrected chi connectivity index (χ1v) is 16.0. The highest BCUT2D eigenvalue weighted by atomic mass is 35.5. The van der Waals surface area contributed by atoms with E-state index in [9.17, 15) is 22.8 Å². The number of fused-ring (bicyclic) bond motifs is 1. The van der Waals surface area contributed by atoms with Crippen LogP contribution in [0.25, 0.3) is 0 Å². The Labute approximate surface area is 255 Å². The van der Waals surface area contributed by atoms with Crippen LogP contribution in [0.1, 0.15) is 48.4 Å². The van der Waals surface area contributed by atoms with Crippen LogP contribution in [0.2, 0.25) is 5.02 Å². The minimum atomic E-state index is -4.32. The van der Waals surface area contributed by atoms with Crippen LogP contribution in [0.4, 0.5) is 11.4 Å². The van der Waals surface area contributed by atoms with Crippen molar-refractivity contribution < 1.29 is 22.8 Å². The number of aryl methyl sites for hydroxylation is 2. The number of likely N-dealkylation sites (tertiary alicyclic amines) is 1. The summed E-state index contributed by atoms with van der Waals surface area (Å²) in [6, 6.07) is 14.1. The summed E-state index contributed by atoms with van der Waals surface area (Å²) in [6.45, 7) is 4.48. The number of Topliss-reactive ketones (excluding diaryl/α,β-unsaturated/α-hetero) is 1. The highest BCUT2D eigenvalue weighted by Crippen LogP contribution is 2.41. The molecule has 2 unspecified atom stereocenters. The van der Waals surface area contributed by atoms with E-state index in [4.69, 9.17) is 11.6 Å². The number of piperidine rings is 1. The third-order valence-electron chi connectivity index (χ3n) is 8.55. The average molecular weight is 622 g/mol. The fourth-order valence-electron chi connectivity index (χ4n) is 6.44. The van der Waals surface area contributed by atoms with E-state index in [0.29, 0.717) is 34.9 Å². The number of hydrogen-bond donors (Lipinski definition) is 2. The topological polar surface area (TPSA) is 129 Å². The lowest BCUT2D eigenvalue weighted by molar-refractivity contribution is -0.129. The van der Waals surface area contributed by atoms with Crippen LogP contribution in [0.15, 0.2) is 65.7 Å². The lowest BCUT2D eigenvalue weighted by atomic mass is 9.92. The van der Waals surface area contributed by atoms with Crippen LogP contribution in [0.5, 0.6) is 0 Å². The minimum Gasteiger partial charge on any atom is -0.331 e. The second kappa shape index (κ2) is 11.0. The Kier molecular flexibility index (Phi) is 7.52. The zero-order valence-electron chi connectivity index (χ0n) is 23.8. The molecule has 43 heavy (non-hydrogen) atoms. The van der Waals surface area contributed by atoms with Crippen molar-refractivity contribution in [3.8, 4) is 0 Å². The Morgan fingerprint density at radius 2 is 1.72 bits per heavy atom. The van der Waals surface area contributed by atoms with Gasteiger partial charge in [0.1, 0.15) is 6.04 Å². The van der Waals surface area contributed by atoms with Gasteiger partial charge in [-0.2, -0.15) is 0 Å². The van der Waals surface area contributed by atoms with Crippen molar-refractivity contribution >= 4 is 50.6 Å². The molecule has 0 spiro atoms. The molecule has 2 aromatic carbocycles. The number of nitrogens with zero attached hydrogens (tertiary/aromatic N) is 3. The summed E-state index contributed by atoms with van der Waals surface area (Å²) in [5.41, 5.74) is 1.30. The predicted molar refractivity (Wildman–Crippen MR) is 162 cm³/mol. The number of aromatic nitrogens is 1. The summed E-state index contributed by atoms with van der Waals surface area (Å²) in [6.07, 6.45) is 3.04. The number of carbonyl (C=O) groups is 3. The average Bonchev–Trinajstić information content (AvgIpc) is 3.62. The van der Waals surface area contributed by atoms with E-state index >= 15 is 0 Å². The van der Waals surface area contributed by atoms with Crippen molar-refractivity contribution in [1.29, 1.82) is 0 Å². The molecule has 2 aliphatic heterocycles. The second-order valence-electron chi connectivity index (χ2n) is 11.4. The van der Waals surface area contributed by atoms with Crippen molar-refractivity contribution in [2.45, 2.75) is 62.0 Å². The molecule has 1 aliphatic carbocycles. The van der Waals surface area contributed by atoms with Crippen LogP contribution >= 0.6 is 11.6 Å². The molecule has 12 heteroatoms. The molecule has 224 valence electrons. The van der Waals surface area contributed by atoms with Gasteiger partial charge in [-0.3, -0.25) is 28.6 Å². The van der Waals surface area contributed by atoms with Crippen molar-refractivity contribution in [1.82, 2.24) is 15.2 Å². The van der Waals surface area contributed by atoms with Gasteiger partial charge in [-0.05, 0) is 74.2 Å². The lowest BCUT2D eigenvalue weighted by Gasteiger charge is -2.39. The Hall–Kier alpha value is -3.80. The van der Waals surface area contributed by atoms with E-state index in [1.54, 1.807) is 56.4 Å². The second-order valence-corrected chi connectivity index (χ2v) is 13.6. The van der Waals surface area contributed by atoms with Gasteiger partial charge in [0.25, 0.3) is 10.0 Å². The molecule has 2 fully saturated rings. The Balaban J connectivity index is 1.25. The highest BCUT2D eigenvalue weighted by molar-refractivity contribution is 7.93. The number of rotatable bonds is 7. The van der Waals surface area contributed by atoms with Crippen molar-refractivity contribution in [3.05, 3.63) is 82.6 Å². The quantitative estimate of drug-likeness (QED) is 0.409. The van der Waals surface area contributed by atoms with Gasteiger partial charge in [0, 0.05) is 35.9 Å². The zero-order chi connectivity index (χ0) is 30.5. The standard InChI is InChI=1S/C31H32ClN5O5S/c1-19-15-22(32)16-20(2)29(19)43(41,42)37-25-9-4-3-8-24(25)34-30(40)26(37)17-28(39)35-31(18-27(31)38)36-13-10-21(11-14-36)23-7-5-6-12-33-23/h3-9,12,15-16,21,26H,10-11,13-14,17-18H2,1-2H3,(H,34,40)(H,35,39). The third kappa shape index (κ3) is 5.30. The Bertz CT molecular complexity index is 1700. The monoisotopic (exact) mass is 621 g/mol. The number of carbonyl (C=O) groups excluding carboxylic acids is 3. The van der Waals surface area contributed by atoms with Gasteiger partial charge in [-0.1, -0.05) is 29.8 Å². The summed E-state index contributed by atoms with van der Waals surface area (Å²) >= 11 is 6.18. The molecule has 6 rings (SSSR count). The first-order valence-electron chi connectivity index (χ1n) is 14.2. The molecule has 2 N–H and O–H groups in total. The summed E-state index contributed by atoms with van der Waals surface area (Å²) in [5.74, 6) is -1.05. The lowest BCUT2D eigenvalue weighted by Crippen LogP contribution is -2.57.